The molecule has 0 radical (unpaired) electrons. The molecule has 8 nitrogen and oxygen atoms in total. The lowest BCUT2D eigenvalue weighted by molar-refractivity contribution is 0.0581. The van der Waals surface area contributed by atoms with Crippen LogP contribution >= 0.6 is 0 Å². The number of aliphatic hydroxyl groups is 3. The van der Waals surface area contributed by atoms with E-state index in [1.165, 1.54) is 6.07 Å². The standard InChI is InChI=1S/C9H16N2O6S/c1-7-2-8(10-17-7)3-18(15,16)11-9(4-12,5-13)6-14/h2,11-14H,3-6H2,1H3. The molecule has 0 atom stereocenters. The second-order valence-electron chi connectivity index (χ2n) is 4.04. The van der Waals surface area contributed by atoms with Crippen molar-refractivity contribution in [3.05, 3.63) is 17.5 Å². The maximum atomic E-state index is 11.8. The Bertz CT molecular complexity index is 471. The van der Waals surface area contributed by atoms with E-state index in [1.807, 2.05) is 0 Å². The fourth-order valence-corrected chi connectivity index (χ4v) is 2.74. The summed E-state index contributed by atoms with van der Waals surface area (Å²) in [6.45, 7) is -0.554. The van der Waals surface area contributed by atoms with Crippen LogP contribution in [0.3, 0.4) is 0 Å². The smallest absolute Gasteiger partial charge is 0.218 e. The molecule has 104 valence electrons. The molecule has 18 heavy (non-hydrogen) atoms. The van der Waals surface area contributed by atoms with E-state index in [2.05, 4.69) is 9.88 Å². The van der Waals surface area contributed by atoms with Crippen molar-refractivity contribution >= 4 is 10.0 Å². The Morgan fingerprint density at radius 2 is 1.89 bits per heavy atom. The number of aryl methyl sites for hydroxylation is 1. The van der Waals surface area contributed by atoms with Crippen LogP contribution < -0.4 is 4.72 Å². The SMILES string of the molecule is Cc1cc(CS(=O)(=O)NC(CO)(CO)CO)no1. The van der Waals surface area contributed by atoms with Crippen molar-refractivity contribution < 1.29 is 28.3 Å². The molecular weight excluding hydrogens is 264 g/mol. The molecule has 0 unspecified atom stereocenters. The maximum Gasteiger partial charge on any atom is 0.218 e. The molecule has 1 heterocycles. The van der Waals surface area contributed by atoms with Gasteiger partial charge in [0.05, 0.1) is 19.8 Å². The van der Waals surface area contributed by atoms with Crippen LogP contribution in [0.2, 0.25) is 0 Å². The van der Waals surface area contributed by atoms with Gasteiger partial charge in [-0.25, -0.2) is 13.1 Å². The quantitative estimate of drug-likeness (QED) is 0.459. The van der Waals surface area contributed by atoms with Gasteiger partial charge in [-0.15, -0.1) is 0 Å². The van der Waals surface area contributed by atoms with Crippen LogP contribution in [-0.4, -0.2) is 54.3 Å². The second-order valence-corrected chi connectivity index (χ2v) is 5.77. The fourth-order valence-electron chi connectivity index (χ4n) is 1.29. The van der Waals surface area contributed by atoms with E-state index in [0.717, 1.165) is 0 Å². The van der Waals surface area contributed by atoms with Crippen molar-refractivity contribution in [3.63, 3.8) is 0 Å². The van der Waals surface area contributed by atoms with Crippen molar-refractivity contribution in [2.24, 2.45) is 0 Å². The third-order valence-electron chi connectivity index (χ3n) is 2.29. The third-order valence-corrected chi connectivity index (χ3v) is 3.71. The number of rotatable bonds is 7. The van der Waals surface area contributed by atoms with Gasteiger partial charge in [0.1, 0.15) is 22.7 Å². The van der Waals surface area contributed by atoms with Crippen molar-refractivity contribution in [2.75, 3.05) is 19.8 Å². The topological polar surface area (TPSA) is 133 Å². The van der Waals surface area contributed by atoms with Gasteiger partial charge in [-0.3, -0.25) is 0 Å². The fraction of sp³-hybridized carbons (Fsp3) is 0.667. The summed E-state index contributed by atoms with van der Waals surface area (Å²) in [6.07, 6.45) is 0. The summed E-state index contributed by atoms with van der Waals surface area (Å²) in [7, 11) is -3.87. The highest BCUT2D eigenvalue weighted by molar-refractivity contribution is 7.88. The van der Waals surface area contributed by atoms with E-state index < -0.39 is 41.1 Å². The summed E-state index contributed by atoms with van der Waals surface area (Å²) in [4.78, 5) is 0. The van der Waals surface area contributed by atoms with Gasteiger partial charge in [-0.2, -0.15) is 0 Å². The van der Waals surface area contributed by atoms with E-state index >= 15 is 0 Å². The Balaban J connectivity index is 2.81. The molecular formula is C9H16N2O6S. The molecule has 0 saturated heterocycles. The molecule has 0 bridgehead atoms. The van der Waals surface area contributed by atoms with Crippen molar-refractivity contribution in [1.29, 1.82) is 0 Å². The molecule has 0 aromatic carbocycles. The van der Waals surface area contributed by atoms with E-state index in [0.29, 0.717) is 5.76 Å². The lowest BCUT2D eigenvalue weighted by atomic mass is 10.1. The highest BCUT2D eigenvalue weighted by Crippen LogP contribution is 2.10. The van der Waals surface area contributed by atoms with Gasteiger partial charge in [0, 0.05) is 6.07 Å². The highest BCUT2D eigenvalue weighted by Gasteiger charge is 2.33. The van der Waals surface area contributed by atoms with Crippen LogP contribution in [0.4, 0.5) is 0 Å². The number of aromatic nitrogens is 1. The van der Waals surface area contributed by atoms with Gasteiger partial charge in [0.15, 0.2) is 0 Å². The zero-order chi connectivity index (χ0) is 13.8. The lowest BCUT2D eigenvalue weighted by Gasteiger charge is -2.27. The Labute approximate surface area is 104 Å². The predicted octanol–water partition coefficient (Wildman–Crippen LogP) is -1.88. The minimum absolute atomic E-state index is 0.197. The lowest BCUT2D eigenvalue weighted by Crippen LogP contribution is -2.57. The predicted molar refractivity (Wildman–Crippen MR) is 61.0 cm³/mol. The van der Waals surface area contributed by atoms with Gasteiger partial charge in [0.25, 0.3) is 0 Å². The molecule has 1 rings (SSSR count). The molecule has 4 N–H and O–H groups in total. The first-order valence-corrected chi connectivity index (χ1v) is 6.78. The summed E-state index contributed by atoms with van der Waals surface area (Å²) >= 11 is 0. The molecule has 0 aliphatic rings. The average Bonchev–Trinajstić information content (AvgIpc) is 2.71. The Morgan fingerprint density at radius 1 is 1.33 bits per heavy atom. The van der Waals surface area contributed by atoms with E-state index in [-0.39, 0.29) is 5.69 Å². The summed E-state index contributed by atoms with van der Waals surface area (Å²) < 4.78 is 30.3. The zero-order valence-electron chi connectivity index (χ0n) is 9.83. The van der Waals surface area contributed by atoms with Crippen LogP contribution in [0.1, 0.15) is 11.5 Å². The second kappa shape index (κ2) is 5.76. The first-order valence-electron chi connectivity index (χ1n) is 5.13. The number of aliphatic hydroxyl groups excluding tert-OH is 3. The first kappa shape index (κ1) is 15.1. The van der Waals surface area contributed by atoms with Crippen LogP contribution in [-0.2, 0) is 15.8 Å². The number of hydrogen-bond donors (Lipinski definition) is 4. The number of sulfonamides is 1. The largest absolute Gasteiger partial charge is 0.394 e. The summed E-state index contributed by atoms with van der Waals surface area (Å²) in [5.41, 5.74) is -1.49. The minimum Gasteiger partial charge on any atom is -0.394 e. The van der Waals surface area contributed by atoms with Gasteiger partial charge in [-0.1, -0.05) is 5.16 Å². The first-order chi connectivity index (χ1) is 8.36. The number of nitrogens with one attached hydrogen (secondary N) is 1. The van der Waals surface area contributed by atoms with Crippen LogP contribution in [0, 0.1) is 6.92 Å². The maximum absolute atomic E-state index is 11.8. The molecule has 1 aromatic heterocycles. The molecule has 9 heteroatoms. The third kappa shape index (κ3) is 3.75. The monoisotopic (exact) mass is 280 g/mol. The van der Waals surface area contributed by atoms with Crippen LogP contribution in [0.15, 0.2) is 10.6 Å². The Morgan fingerprint density at radius 3 is 2.28 bits per heavy atom. The van der Waals surface area contributed by atoms with Gasteiger partial charge >= 0.3 is 0 Å². The van der Waals surface area contributed by atoms with E-state index in [9.17, 15) is 8.42 Å². The summed E-state index contributed by atoms with van der Waals surface area (Å²) in [5, 5.41) is 30.6. The molecule has 0 saturated carbocycles. The molecule has 0 fully saturated rings. The van der Waals surface area contributed by atoms with Crippen molar-refractivity contribution in [3.8, 4) is 0 Å². The summed E-state index contributed by atoms with van der Waals surface area (Å²) in [5.74, 6) is 0.00413. The Hall–Kier alpha value is -1.00. The zero-order valence-corrected chi connectivity index (χ0v) is 10.6. The van der Waals surface area contributed by atoms with E-state index in [1.54, 1.807) is 6.92 Å². The van der Waals surface area contributed by atoms with Crippen LogP contribution in [0.25, 0.3) is 0 Å². The van der Waals surface area contributed by atoms with E-state index in [4.69, 9.17) is 19.8 Å². The van der Waals surface area contributed by atoms with Gasteiger partial charge < -0.3 is 19.8 Å². The van der Waals surface area contributed by atoms with Crippen LogP contribution in [0.5, 0.6) is 0 Å². The number of nitrogens with zero attached hydrogens (tertiary/aromatic N) is 1. The minimum atomic E-state index is -3.87. The van der Waals surface area contributed by atoms with Crippen molar-refractivity contribution in [1.82, 2.24) is 9.88 Å². The van der Waals surface area contributed by atoms with Crippen molar-refractivity contribution in [2.45, 2.75) is 18.2 Å². The van der Waals surface area contributed by atoms with Gasteiger partial charge in [-0.05, 0) is 6.92 Å². The molecule has 0 amide bonds. The molecule has 0 aliphatic carbocycles. The Kier molecular flexibility index (Phi) is 4.82. The normalized spacial score (nSPS) is 12.9. The molecule has 0 spiro atoms. The molecule has 1 aromatic rings. The summed E-state index contributed by atoms with van der Waals surface area (Å²) in [6, 6.07) is 1.46. The van der Waals surface area contributed by atoms with Gasteiger partial charge in [0.2, 0.25) is 10.0 Å². The number of hydrogen-bond acceptors (Lipinski definition) is 7. The molecule has 0 aliphatic heterocycles. The average molecular weight is 280 g/mol. The highest BCUT2D eigenvalue weighted by atomic mass is 32.2.